The van der Waals surface area contributed by atoms with E-state index in [1.165, 1.54) is 6.07 Å². The van der Waals surface area contributed by atoms with Crippen molar-refractivity contribution in [3.05, 3.63) is 59.2 Å². The second kappa shape index (κ2) is 9.72. The number of ether oxygens (including phenoxy) is 1. The number of hydrogen-bond donors (Lipinski definition) is 3. The fourth-order valence-electron chi connectivity index (χ4n) is 3.79. The van der Waals surface area contributed by atoms with Crippen LogP contribution in [0.5, 0.6) is 5.75 Å². The van der Waals surface area contributed by atoms with E-state index < -0.39 is 11.8 Å². The molecule has 0 unspecified atom stereocenters. The first-order chi connectivity index (χ1) is 15.1. The second-order valence-corrected chi connectivity index (χ2v) is 7.71. The van der Waals surface area contributed by atoms with Gasteiger partial charge in [0.05, 0.1) is 24.2 Å². The maximum absolute atomic E-state index is 12.4. The molecule has 2 aliphatic heterocycles. The Balaban J connectivity index is 1.26. The minimum absolute atomic E-state index is 0.181. The molecule has 1 saturated heterocycles. The Labute approximate surface area is 180 Å². The number of hydrogen-bond acceptors (Lipinski definition) is 6. The number of amides is 3. The number of imide groups is 1. The molecule has 0 aromatic heterocycles. The molecule has 8 nitrogen and oxygen atoms in total. The Hall–Kier alpha value is -3.23. The quantitative estimate of drug-likeness (QED) is 0.440. The van der Waals surface area contributed by atoms with Crippen LogP contribution in [0.2, 0.25) is 0 Å². The standard InChI is InChI=1S/C23H26N4O4/c28-21(25-17-5-6-19-20(15-17)23(30)26-22(19)29)14-16-3-1-4-18(13-16)31-12-2-9-27-10-7-24-8-11-27/h1,3-6,13,15,24H,2,7-12,14H2,(H,25,28)(H,26,29,30). The van der Waals surface area contributed by atoms with Gasteiger partial charge in [0, 0.05) is 38.4 Å². The average Bonchev–Trinajstić information content (AvgIpc) is 3.05. The molecule has 2 heterocycles. The number of anilines is 1. The van der Waals surface area contributed by atoms with Crippen LogP contribution in [0.15, 0.2) is 42.5 Å². The van der Waals surface area contributed by atoms with Gasteiger partial charge in [-0.05, 0) is 42.3 Å². The van der Waals surface area contributed by atoms with Crippen LogP contribution in [-0.2, 0) is 11.2 Å². The highest BCUT2D eigenvalue weighted by molar-refractivity contribution is 6.22. The van der Waals surface area contributed by atoms with E-state index in [0.29, 0.717) is 17.9 Å². The number of carbonyl (C=O) groups is 3. The second-order valence-electron chi connectivity index (χ2n) is 7.71. The SMILES string of the molecule is O=C(Cc1cccc(OCCCN2CCNCC2)c1)Nc1ccc2c(c1)C(=O)NC2=O. The average molecular weight is 422 g/mol. The van der Waals surface area contributed by atoms with Gasteiger partial charge < -0.3 is 20.3 Å². The van der Waals surface area contributed by atoms with Gasteiger partial charge in [0.25, 0.3) is 11.8 Å². The molecule has 2 aliphatic rings. The van der Waals surface area contributed by atoms with Crippen molar-refractivity contribution >= 4 is 23.4 Å². The summed E-state index contributed by atoms with van der Waals surface area (Å²) in [7, 11) is 0. The van der Waals surface area contributed by atoms with Gasteiger partial charge in [0.2, 0.25) is 5.91 Å². The van der Waals surface area contributed by atoms with Crippen molar-refractivity contribution in [1.82, 2.24) is 15.5 Å². The summed E-state index contributed by atoms with van der Waals surface area (Å²) in [4.78, 5) is 38.3. The van der Waals surface area contributed by atoms with Crippen molar-refractivity contribution in [2.75, 3.05) is 44.6 Å². The molecule has 3 amide bonds. The molecule has 3 N–H and O–H groups in total. The van der Waals surface area contributed by atoms with Crippen molar-refractivity contribution in [2.24, 2.45) is 0 Å². The molecule has 0 atom stereocenters. The van der Waals surface area contributed by atoms with Gasteiger partial charge in [0.15, 0.2) is 0 Å². The van der Waals surface area contributed by atoms with Crippen molar-refractivity contribution in [2.45, 2.75) is 12.8 Å². The number of nitrogens with one attached hydrogen (secondary N) is 3. The highest BCUT2D eigenvalue weighted by Gasteiger charge is 2.26. The summed E-state index contributed by atoms with van der Waals surface area (Å²) in [5.41, 5.74) is 1.92. The third-order valence-electron chi connectivity index (χ3n) is 5.38. The van der Waals surface area contributed by atoms with E-state index in [4.69, 9.17) is 4.74 Å². The van der Waals surface area contributed by atoms with Crippen molar-refractivity contribution in [3.8, 4) is 5.75 Å². The Morgan fingerprint density at radius 1 is 1.03 bits per heavy atom. The number of benzene rings is 2. The van der Waals surface area contributed by atoms with Gasteiger partial charge in [0.1, 0.15) is 5.75 Å². The Bertz CT molecular complexity index is 985. The van der Waals surface area contributed by atoms with Crippen LogP contribution in [0.25, 0.3) is 0 Å². The molecule has 0 bridgehead atoms. The minimum atomic E-state index is -0.446. The van der Waals surface area contributed by atoms with E-state index in [0.717, 1.165) is 50.5 Å². The number of nitrogens with zero attached hydrogens (tertiary/aromatic N) is 1. The lowest BCUT2D eigenvalue weighted by atomic mass is 10.1. The molecular weight excluding hydrogens is 396 g/mol. The molecule has 4 rings (SSSR count). The van der Waals surface area contributed by atoms with Gasteiger partial charge in [-0.1, -0.05) is 12.1 Å². The van der Waals surface area contributed by atoms with E-state index in [1.807, 2.05) is 24.3 Å². The number of fused-ring (bicyclic) bond motifs is 1. The lowest BCUT2D eigenvalue weighted by molar-refractivity contribution is -0.115. The van der Waals surface area contributed by atoms with E-state index in [-0.39, 0.29) is 17.9 Å². The smallest absolute Gasteiger partial charge is 0.259 e. The summed E-state index contributed by atoms with van der Waals surface area (Å²) in [5.74, 6) is -0.320. The fourth-order valence-corrected chi connectivity index (χ4v) is 3.79. The molecule has 2 aromatic carbocycles. The topological polar surface area (TPSA) is 99.8 Å². The van der Waals surface area contributed by atoms with Crippen LogP contribution in [0, 0.1) is 0 Å². The Kier molecular flexibility index (Phi) is 6.59. The van der Waals surface area contributed by atoms with Gasteiger partial charge in [-0.15, -0.1) is 0 Å². The van der Waals surface area contributed by atoms with E-state index in [1.54, 1.807) is 12.1 Å². The molecular formula is C23H26N4O4. The van der Waals surface area contributed by atoms with Crippen LogP contribution in [0.3, 0.4) is 0 Å². The Morgan fingerprint density at radius 2 is 1.84 bits per heavy atom. The first kappa shape index (κ1) is 21.0. The summed E-state index contributed by atoms with van der Waals surface area (Å²) in [5, 5.41) is 8.37. The molecule has 0 saturated carbocycles. The van der Waals surface area contributed by atoms with Gasteiger partial charge >= 0.3 is 0 Å². The third kappa shape index (κ3) is 5.48. The van der Waals surface area contributed by atoms with E-state index in [2.05, 4.69) is 20.9 Å². The highest BCUT2D eigenvalue weighted by atomic mass is 16.5. The third-order valence-corrected chi connectivity index (χ3v) is 5.38. The molecule has 2 aromatic rings. The molecule has 8 heteroatoms. The zero-order valence-electron chi connectivity index (χ0n) is 17.3. The predicted molar refractivity (Wildman–Crippen MR) is 116 cm³/mol. The normalized spacial score (nSPS) is 16.0. The summed E-state index contributed by atoms with van der Waals surface area (Å²) in [6.45, 7) is 5.90. The van der Waals surface area contributed by atoms with Crippen LogP contribution in [-0.4, -0.2) is 62.0 Å². The van der Waals surface area contributed by atoms with Crippen molar-refractivity contribution in [1.29, 1.82) is 0 Å². The zero-order valence-corrected chi connectivity index (χ0v) is 17.3. The molecule has 0 aliphatic carbocycles. The summed E-state index contributed by atoms with van der Waals surface area (Å²) in [6, 6.07) is 12.2. The zero-order chi connectivity index (χ0) is 21.6. The highest BCUT2D eigenvalue weighted by Crippen LogP contribution is 2.21. The largest absolute Gasteiger partial charge is 0.494 e. The first-order valence-corrected chi connectivity index (χ1v) is 10.5. The van der Waals surface area contributed by atoms with Crippen LogP contribution >= 0.6 is 0 Å². The molecule has 162 valence electrons. The summed E-state index contributed by atoms with van der Waals surface area (Å²) < 4.78 is 5.86. The molecule has 1 fully saturated rings. The van der Waals surface area contributed by atoms with Crippen molar-refractivity contribution in [3.63, 3.8) is 0 Å². The lowest BCUT2D eigenvalue weighted by Gasteiger charge is -2.26. The summed E-state index contributed by atoms with van der Waals surface area (Å²) >= 11 is 0. The van der Waals surface area contributed by atoms with Crippen LogP contribution < -0.4 is 20.7 Å². The Morgan fingerprint density at radius 3 is 2.68 bits per heavy atom. The maximum atomic E-state index is 12.4. The van der Waals surface area contributed by atoms with Gasteiger partial charge in [-0.3, -0.25) is 19.7 Å². The molecule has 0 radical (unpaired) electrons. The number of rotatable bonds is 8. The fraction of sp³-hybridized carbons (Fsp3) is 0.348. The summed E-state index contributed by atoms with van der Waals surface area (Å²) in [6.07, 6.45) is 1.14. The van der Waals surface area contributed by atoms with Gasteiger partial charge in [-0.25, -0.2) is 0 Å². The predicted octanol–water partition coefficient (Wildman–Crippen LogP) is 1.43. The van der Waals surface area contributed by atoms with Gasteiger partial charge in [-0.2, -0.15) is 0 Å². The van der Waals surface area contributed by atoms with E-state index >= 15 is 0 Å². The van der Waals surface area contributed by atoms with E-state index in [9.17, 15) is 14.4 Å². The number of carbonyl (C=O) groups excluding carboxylic acids is 3. The maximum Gasteiger partial charge on any atom is 0.259 e. The first-order valence-electron chi connectivity index (χ1n) is 10.5. The molecule has 0 spiro atoms. The monoisotopic (exact) mass is 422 g/mol. The molecule has 31 heavy (non-hydrogen) atoms. The minimum Gasteiger partial charge on any atom is -0.494 e. The van der Waals surface area contributed by atoms with Crippen LogP contribution in [0.1, 0.15) is 32.7 Å². The van der Waals surface area contributed by atoms with Crippen molar-refractivity contribution < 1.29 is 19.1 Å². The number of piperazine rings is 1. The lowest BCUT2D eigenvalue weighted by Crippen LogP contribution is -2.43. The van der Waals surface area contributed by atoms with Crippen LogP contribution in [0.4, 0.5) is 5.69 Å².